The normalized spacial score (nSPS) is 9.92. The number of hydrogen-bond acceptors (Lipinski definition) is 1. The molecule has 1 aromatic rings. The molecule has 0 aliphatic carbocycles. The van der Waals surface area contributed by atoms with Gasteiger partial charge < -0.3 is 4.74 Å². The van der Waals surface area contributed by atoms with Gasteiger partial charge in [-0.1, -0.05) is 28.9 Å². The first kappa shape index (κ1) is 9.59. The van der Waals surface area contributed by atoms with Crippen molar-refractivity contribution in [1.29, 1.82) is 0 Å². The number of methoxy groups -OCH3 is 1. The molecule has 0 unspecified atom stereocenters. The monoisotopic (exact) mass is 228 g/mol. The Kier molecular flexibility index (Phi) is 3.60. The van der Waals surface area contributed by atoms with Gasteiger partial charge in [-0.2, -0.15) is 0 Å². The fourth-order valence-corrected chi connectivity index (χ4v) is 1.74. The van der Waals surface area contributed by atoms with Crippen LogP contribution in [0.4, 0.5) is 0 Å². The van der Waals surface area contributed by atoms with Gasteiger partial charge in [0.25, 0.3) is 0 Å². The van der Waals surface area contributed by atoms with Gasteiger partial charge in [-0.25, -0.2) is 0 Å². The van der Waals surface area contributed by atoms with E-state index in [4.69, 9.17) is 4.74 Å². The molecule has 0 N–H and O–H groups in total. The molecular weight excluding hydrogens is 216 g/mol. The minimum atomic E-state index is 0.917. The van der Waals surface area contributed by atoms with E-state index in [1.54, 1.807) is 7.11 Å². The molecule has 0 saturated carbocycles. The summed E-state index contributed by atoms with van der Waals surface area (Å²) in [6.45, 7) is 2.15. The summed E-state index contributed by atoms with van der Waals surface area (Å²) in [7, 11) is 1.70. The summed E-state index contributed by atoms with van der Waals surface area (Å²) in [5, 5.41) is 0.917. The first-order valence-electron chi connectivity index (χ1n) is 4.03. The third kappa shape index (κ3) is 2.01. The summed E-state index contributed by atoms with van der Waals surface area (Å²) in [6.07, 6.45) is 1.05. The van der Waals surface area contributed by atoms with Gasteiger partial charge in [-0.05, 0) is 29.7 Å². The van der Waals surface area contributed by atoms with Gasteiger partial charge in [0.15, 0.2) is 0 Å². The molecule has 2 heteroatoms. The molecule has 12 heavy (non-hydrogen) atoms. The highest BCUT2D eigenvalue weighted by Gasteiger charge is 2.00. The first-order valence-corrected chi connectivity index (χ1v) is 5.15. The SMILES string of the molecule is CCc1cc(OC)ccc1CBr. The smallest absolute Gasteiger partial charge is 0.119 e. The van der Waals surface area contributed by atoms with E-state index in [1.165, 1.54) is 11.1 Å². The Morgan fingerprint density at radius 2 is 2.08 bits per heavy atom. The van der Waals surface area contributed by atoms with Crippen molar-refractivity contribution in [1.82, 2.24) is 0 Å². The van der Waals surface area contributed by atoms with Crippen LogP contribution in [0, 0.1) is 0 Å². The Hall–Kier alpha value is -0.500. The van der Waals surface area contributed by atoms with Gasteiger partial charge >= 0.3 is 0 Å². The lowest BCUT2D eigenvalue weighted by atomic mass is 10.1. The van der Waals surface area contributed by atoms with Gasteiger partial charge in [0.2, 0.25) is 0 Å². The van der Waals surface area contributed by atoms with E-state index in [0.29, 0.717) is 0 Å². The lowest BCUT2D eigenvalue weighted by Crippen LogP contribution is -1.91. The minimum Gasteiger partial charge on any atom is -0.497 e. The average Bonchev–Trinajstić information content (AvgIpc) is 2.16. The predicted molar refractivity (Wildman–Crippen MR) is 55.0 cm³/mol. The van der Waals surface area contributed by atoms with Crippen molar-refractivity contribution in [2.45, 2.75) is 18.7 Å². The molecule has 0 heterocycles. The lowest BCUT2D eigenvalue weighted by molar-refractivity contribution is 0.414. The Labute approximate surface area is 81.9 Å². The van der Waals surface area contributed by atoms with E-state index in [0.717, 1.165) is 17.5 Å². The van der Waals surface area contributed by atoms with Gasteiger partial charge in [0.1, 0.15) is 5.75 Å². The maximum Gasteiger partial charge on any atom is 0.119 e. The van der Waals surface area contributed by atoms with Crippen LogP contribution >= 0.6 is 15.9 Å². The van der Waals surface area contributed by atoms with Crippen LogP contribution in [0.2, 0.25) is 0 Å². The maximum atomic E-state index is 5.14. The van der Waals surface area contributed by atoms with Crippen LogP contribution in [0.5, 0.6) is 5.75 Å². The summed E-state index contributed by atoms with van der Waals surface area (Å²) in [5.41, 5.74) is 2.70. The molecule has 0 bridgehead atoms. The molecule has 0 spiro atoms. The van der Waals surface area contributed by atoms with Crippen molar-refractivity contribution in [2.75, 3.05) is 7.11 Å². The van der Waals surface area contributed by atoms with Crippen LogP contribution in [0.15, 0.2) is 18.2 Å². The summed E-state index contributed by atoms with van der Waals surface area (Å²) in [4.78, 5) is 0. The topological polar surface area (TPSA) is 9.23 Å². The average molecular weight is 229 g/mol. The van der Waals surface area contributed by atoms with E-state index in [9.17, 15) is 0 Å². The summed E-state index contributed by atoms with van der Waals surface area (Å²) in [5.74, 6) is 0.941. The van der Waals surface area contributed by atoms with Gasteiger partial charge in [0.05, 0.1) is 7.11 Å². The third-order valence-corrected chi connectivity index (χ3v) is 2.54. The summed E-state index contributed by atoms with van der Waals surface area (Å²) >= 11 is 3.45. The quantitative estimate of drug-likeness (QED) is 0.723. The summed E-state index contributed by atoms with van der Waals surface area (Å²) in [6, 6.07) is 6.19. The number of hydrogen-bond donors (Lipinski definition) is 0. The molecule has 0 radical (unpaired) electrons. The molecule has 0 amide bonds. The highest BCUT2D eigenvalue weighted by molar-refractivity contribution is 9.08. The molecular formula is C10H13BrO. The number of benzene rings is 1. The second-order valence-electron chi connectivity index (χ2n) is 2.62. The lowest BCUT2D eigenvalue weighted by Gasteiger charge is -2.06. The Bertz CT molecular complexity index is 258. The van der Waals surface area contributed by atoms with Crippen molar-refractivity contribution in [3.8, 4) is 5.75 Å². The highest BCUT2D eigenvalue weighted by Crippen LogP contribution is 2.19. The second kappa shape index (κ2) is 4.51. The molecule has 1 aromatic carbocycles. The van der Waals surface area contributed by atoms with E-state index < -0.39 is 0 Å². The molecule has 1 nitrogen and oxygen atoms in total. The van der Waals surface area contributed by atoms with E-state index in [1.807, 2.05) is 6.07 Å². The van der Waals surface area contributed by atoms with Crippen LogP contribution in [0.3, 0.4) is 0 Å². The number of rotatable bonds is 3. The largest absolute Gasteiger partial charge is 0.497 e. The zero-order valence-electron chi connectivity index (χ0n) is 7.43. The van der Waals surface area contributed by atoms with E-state index >= 15 is 0 Å². The molecule has 1 rings (SSSR count). The zero-order chi connectivity index (χ0) is 8.97. The molecule has 0 fully saturated rings. The highest BCUT2D eigenvalue weighted by atomic mass is 79.9. The molecule has 66 valence electrons. The van der Waals surface area contributed by atoms with Crippen molar-refractivity contribution >= 4 is 15.9 Å². The summed E-state index contributed by atoms with van der Waals surface area (Å²) < 4.78 is 5.14. The number of ether oxygens (including phenoxy) is 1. The molecule has 0 aliphatic rings. The fraction of sp³-hybridized carbons (Fsp3) is 0.400. The van der Waals surface area contributed by atoms with Crippen molar-refractivity contribution in [2.24, 2.45) is 0 Å². The van der Waals surface area contributed by atoms with Gasteiger partial charge in [-0.3, -0.25) is 0 Å². The van der Waals surface area contributed by atoms with E-state index in [-0.39, 0.29) is 0 Å². The van der Waals surface area contributed by atoms with Crippen LogP contribution in [-0.2, 0) is 11.8 Å². The maximum absolute atomic E-state index is 5.14. The molecule has 0 aromatic heterocycles. The number of halogens is 1. The van der Waals surface area contributed by atoms with E-state index in [2.05, 4.69) is 35.0 Å². The minimum absolute atomic E-state index is 0.917. The second-order valence-corrected chi connectivity index (χ2v) is 3.18. The molecule has 0 atom stereocenters. The van der Waals surface area contributed by atoms with Crippen LogP contribution in [0.1, 0.15) is 18.1 Å². The zero-order valence-corrected chi connectivity index (χ0v) is 9.02. The first-order chi connectivity index (χ1) is 5.81. The Morgan fingerprint density at radius 1 is 1.33 bits per heavy atom. The number of alkyl halides is 1. The third-order valence-electron chi connectivity index (χ3n) is 1.94. The fourth-order valence-electron chi connectivity index (χ4n) is 1.19. The molecule has 0 saturated heterocycles. The van der Waals surface area contributed by atoms with Crippen LogP contribution in [-0.4, -0.2) is 7.11 Å². The molecule has 0 aliphatic heterocycles. The standard InChI is InChI=1S/C10H13BrO/c1-3-8-6-10(12-2)5-4-9(8)7-11/h4-6H,3,7H2,1-2H3. The van der Waals surface area contributed by atoms with Crippen molar-refractivity contribution in [3.05, 3.63) is 29.3 Å². The van der Waals surface area contributed by atoms with Gasteiger partial charge in [-0.15, -0.1) is 0 Å². The van der Waals surface area contributed by atoms with Crippen molar-refractivity contribution in [3.63, 3.8) is 0 Å². The Morgan fingerprint density at radius 3 is 2.58 bits per heavy atom. The van der Waals surface area contributed by atoms with Crippen LogP contribution < -0.4 is 4.74 Å². The van der Waals surface area contributed by atoms with Crippen molar-refractivity contribution < 1.29 is 4.74 Å². The van der Waals surface area contributed by atoms with Gasteiger partial charge in [0, 0.05) is 5.33 Å². The van der Waals surface area contributed by atoms with Crippen LogP contribution in [0.25, 0.3) is 0 Å². The number of aryl methyl sites for hydroxylation is 1. The Balaban J connectivity index is 3.02. The predicted octanol–water partition coefficient (Wildman–Crippen LogP) is 3.15.